The van der Waals surface area contributed by atoms with E-state index in [4.69, 9.17) is 0 Å². The molecule has 2 heterocycles. The minimum Gasteiger partial charge on any atom is -0.508 e. The third kappa shape index (κ3) is 1.75. The molecule has 1 unspecified atom stereocenters. The van der Waals surface area contributed by atoms with Crippen LogP contribution in [0.25, 0.3) is 10.9 Å². The molecule has 1 aliphatic rings. The van der Waals surface area contributed by atoms with Crippen LogP contribution in [-0.2, 0) is 5.54 Å². The normalized spacial score (nSPS) is 23.7. The van der Waals surface area contributed by atoms with E-state index in [1.807, 2.05) is 19.1 Å². The van der Waals surface area contributed by atoms with Gasteiger partial charge in [0.25, 0.3) is 0 Å². The Labute approximate surface area is 107 Å². The molecule has 0 radical (unpaired) electrons. The number of nitrogens with zero attached hydrogens (tertiary/aromatic N) is 1. The van der Waals surface area contributed by atoms with Crippen LogP contribution in [0.4, 0.5) is 0 Å². The van der Waals surface area contributed by atoms with Gasteiger partial charge in [0.1, 0.15) is 5.75 Å². The van der Waals surface area contributed by atoms with Crippen LogP contribution in [0, 0.1) is 6.92 Å². The van der Waals surface area contributed by atoms with E-state index in [-0.39, 0.29) is 5.54 Å². The van der Waals surface area contributed by atoms with Gasteiger partial charge in [-0.25, -0.2) is 0 Å². The van der Waals surface area contributed by atoms with Crippen LogP contribution in [0.2, 0.25) is 0 Å². The molecule has 0 saturated carbocycles. The van der Waals surface area contributed by atoms with Gasteiger partial charge in [-0.3, -0.25) is 4.98 Å². The summed E-state index contributed by atoms with van der Waals surface area (Å²) in [7, 11) is 0. The number of aromatic nitrogens is 1. The molecule has 0 amide bonds. The van der Waals surface area contributed by atoms with E-state index >= 15 is 0 Å². The smallest absolute Gasteiger partial charge is 0.116 e. The maximum absolute atomic E-state index is 9.70. The van der Waals surface area contributed by atoms with E-state index in [1.165, 1.54) is 12.0 Å². The standard InChI is InChI=1S/C15H18N2O/c1-10-8-13(15(2)6-3-7-16-15)12-9-11(18)4-5-14(12)17-10/h4-5,8-9,16,18H,3,6-7H2,1-2H3. The van der Waals surface area contributed by atoms with E-state index < -0.39 is 0 Å². The number of fused-ring (bicyclic) bond motifs is 1. The van der Waals surface area contributed by atoms with Crippen LogP contribution in [0.1, 0.15) is 31.0 Å². The summed E-state index contributed by atoms with van der Waals surface area (Å²) in [5, 5.41) is 14.3. The first-order valence-corrected chi connectivity index (χ1v) is 6.44. The zero-order chi connectivity index (χ0) is 12.8. The van der Waals surface area contributed by atoms with Crippen LogP contribution in [0.5, 0.6) is 5.75 Å². The van der Waals surface area contributed by atoms with Crippen LogP contribution in [0.3, 0.4) is 0 Å². The molecule has 1 aromatic carbocycles. The molecule has 0 bridgehead atoms. The first-order valence-electron chi connectivity index (χ1n) is 6.44. The fraction of sp³-hybridized carbons (Fsp3) is 0.400. The molecule has 1 atom stereocenters. The molecule has 3 nitrogen and oxygen atoms in total. The van der Waals surface area contributed by atoms with E-state index in [0.29, 0.717) is 5.75 Å². The summed E-state index contributed by atoms with van der Waals surface area (Å²) in [6.45, 7) is 5.31. The largest absolute Gasteiger partial charge is 0.508 e. The number of phenolic OH excluding ortho intramolecular Hbond substituents is 1. The lowest BCUT2D eigenvalue weighted by Gasteiger charge is -2.27. The summed E-state index contributed by atoms with van der Waals surface area (Å²) in [6.07, 6.45) is 2.32. The van der Waals surface area contributed by atoms with Crippen molar-refractivity contribution >= 4 is 10.9 Å². The minimum atomic E-state index is -0.000255. The number of benzene rings is 1. The summed E-state index contributed by atoms with van der Waals surface area (Å²) < 4.78 is 0. The number of pyridine rings is 1. The Morgan fingerprint density at radius 3 is 2.89 bits per heavy atom. The molecule has 2 N–H and O–H groups in total. The number of rotatable bonds is 1. The van der Waals surface area contributed by atoms with Crippen molar-refractivity contribution in [3.8, 4) is 5.75 Å². The summed E-state index contributed by atoms with van der Waals surface area (Å²) in [4.78, 5) is 4.54. The number of hydrogen-bond donors (Lipinski definition) is 2. The Bertz CT molecular complexity index is 601. The molecule has 3 heteroatoms. The number of aromatic hydroxyl groups is 1. The molecule has 1 aromatic heterocycles. The molecular formula is C15H18N2O. The van der Waals surface area contributed by atoms with Crippen molar-refractivity contribution in [2.75, 3.05) is 6.54 Å². The lowest BCUT2D eigenvalue weighted by molar-refractivity contribution is 0.437. The van der Waals surface area contributed by atoms with Gasteiger partial charge in [-0.15, -0.1) is 0 Å². The molecule has 0 aliphatic carbocycles. The summed E-state index contributed by atoms with van der Waals surface area (Å²) in [5.74, 6) is 0.302. The molecule has 1 fully saturated rings. The highest BCUT2D eigenvalue weighted by atomic mass is 16.3. The third-order valence-corrected chi connectivity index (χ3v) is 3.88. The van der Waals surface area contributed by atoms with E-state index in [0.717, 1.165) is 29.6 Å². The monoisotopic (exact) mass is 242 g/mol. The maximum Gasteiger partial charge on any atom is 0.116 e. The second-order valence-electron chi connectivity index (χ2n) is 5.38. The number of phenols is 1. The Kier molecular flexibility index (Phi) is 2.52. The van der Waals surface area contributed by atoms with Gasteiger partial charge in [-0.1, -0.05) is 0 Å². The highest BCUT2D eigenvalue weighted by Crippen LogP contribution is 2.36. The Hall–Kier alpha value is -1.61. The quantitative estimate of drug-likeness (QED) is 0.808. The number of aryl methyl sites for hydroxylation is 1. The lowest BCUT2D eigenvalue weighted by atomic mass is 9.87. The Balaban J connectivity index is 2.29. The van der Waals surface area contributed by atoms with Crippen molar-refractivity contribution in [3.05, 3.63) is 35.5 Å². The fourth-order valence-electron chi connectivity index (χ4n) is 2.93. The van der Waals surface area contributed by atoms with Gasteiger partial charge in [-0.05, 0) is 63.1 Å². The van der Waals surface area contributed by atoms with Crippen molar-refractivity contribution in [3.63, 3.8) is 0 Å². The van der Waals surface area contributed by atoms with Crippen LogP contribution >= 0.6 is 0 Å². The van der Waals surface area contributed by atoms with Gasteiger partial charge < -0.3 is 10.4 Å². The van der Waals surface area contributed by atoms with Crippen molar-refractivity contribution < 1.29 is 5.11 Å². The van der Waals surface area contributed by atoms with Crippen molar-refractivity contribution in [1.82, 2.24) is 10.3 Å². The molecule has 2 aromatic rings. The number of hydrogen-bond acceptors (Lipinski definition) is 3. The zero-order valence-electron chi connectivity index (χ0n) is 10.8. The molecule has 18 heavy (non-hydrogen) atoms. The van der Waals surface area contributed by atoms with Gasteiger partial charge >= 0.3 is 0 Å². The van der Waals surface area contributed by atoms with Gasteiger partial charge in [0.2, 0.25) is 0 Å². The maximum atomic E-state index is 9.70. The first kappa shape index (κ1) is 11.5. The SMILES string of the molecule is Cc1cc(C2(C)CCCN2)c2cc(O)ccc2n1. The van der Waals surface area contributed by atoms with Crippen LogP contribution in [-0.4, -0.2) is 16.6 Å². The molecule has 0 spiro atoms. The first-order chi connectivity index (χ1) is 8.58. The van der Waals surface area contributed by atoms with Gasteiger partial charge in [-0.2, -0.15) is 0 Å². The van der Waals surface area contributed by atoms with Gasteiger partial charge in [0.15, 0.2) is 0 Å². The highest BCUT2D eigenvalue weighted by Gasteiger charge is 2.31. The van der Waals surface area contributed by atoms with Gasteiger partial charge in [0.05, 0.1) is 5.52 Å². The van der Waals surface area contributed by atoms with Gasteiger partial charge in [0, 0.05) is 16.6 Å². The summed E-state index contributed by atoms with van der Waals surface area (Å²) in [6, 6.07) is 7.55. The molecule has 1 saturated heterocycles. The Morgan fingerprint density at radius 2 is 2.17 bits per heavy atom. The van der Waals surface area contributed by atoms with Crippen LogP contribution < -0.4 is 5.32 Å². The molecule has 94 valence electrons. The van der Waals surface area contributed by atoms with Crippen molar-refractivity contribution in [2.45, 2.75) is 32.2 Å². The predicted molar refractivity (Wildman–Crippen MR) is 72.7 cm³/mol. The summed E-state index contributed by atoms with van der Waals surface area (Å²) >= 11 is 0. The lowest BCUT2D eigenvalue weighted by Crippen LogP contribution is -2.33. The van der Waals surface area contributed by atoms with E-state index in [1.54, 1.807) is 6.07 Å². The predicted octanol–water partition coefficient (Wildman–Crippen LogP) is 2.85. The molecular weight excluding hydrogens is 224 g/mol. The third-order valence-electron chi connectivity index (χ3n) is 3.88. The topological polar surface area (TPSA) is 45.1 Å². The minimum absolute atomic E-state index is 0.000255. The summed E-state index contributed by atoms with van der Waals surface area (Å²) in [5.41, 5.74) is 3.23. The number of nitrogens with one attached hydrogen (secondary N) is 1. The fourth-order valence-corrected chi connectivity index (χ4v) is 2.93. The average molecular weight is 242 g/mol. The van der Waals surface area contributed by atoms with E-state index in [9.17, 15) is 5.11 Å². The van der Waals surface area contributed by atoms with Crippen LogP contribution in [0.15, 0.2) is 24.3 Å². The zero-order valence-corrected chi connectivity index (χ0v) is 10.8. The Morgan fingerprint density at radius 1 is 1.33 bits per heavy atom. The molecule has 3 rings (SSSR count). The van der Waals surface area contributed by atoms with Crippen molar-refractivity contribution in [2.24, 2.45) is 0 Å². The average Bonchev–Trinajstić information content (AvgIpc) is 2.77. The van der Waals surface area contributed by atoms with Crippen molar-refractivity contribution in [1.29, 1.82) is 0 Å². The second kappa shape index (κ2) is 3.95. The highest BCUT2D eigenvalue weighted by molar-refractivity contribution is 5.84. The molecule has 1 aliphatic heterocycles. The second-order valence-corrected chi connectivity index (χ2v) is 5.38. The van der Waals surface area contributed by atoms with E-state index in [2.05, 4.69) is 23.3 Å².